The van der Waals surface area contributed by atoms with Crippen molar-refractivity contribution in [1.82, 2.24) is 10.3 Å². The van der Waals surface area contributed by atoms with Gasteiger partial charge in [0.15, 0.2) is 12.5 Å². The molecule has 0 radical (unpaired) electrons. The minimum Gasteiger partial charge on any atom is -0.470 e. The molecule has 4 nitrogen and oxygen atoms in total. The second kappa shape index (κ2) is 7.17. The molecule has 0 fully saturated rings. The Hall–Kier alpha value is -2.86. The van der Waals surface area contributed by atoms with Crippen LogP contribution < -0.4 is 10.6 Å². The first kappa shape index (κ1) is 16.6. The van der Waals surface area contributed by atoms with Crippen molar-refractivity contribution >= 4 is 22.8 Å². The minimum absolute atomic E-state index is 0.295. The first-order valence-electron chi connectivity index (χ1n) is 8.30. The lowest BCUT2D eigenvalue weighted by Crippen LogP contribution is -2.01. The van der Waals surface area contributed by atoms with E-state index in [1.807, 2.05) is 18.3 Å². The maximum Gasteiger partial charge on any atom is 0.158 e. The Balaban J connectivity index is 1.48. The van der Waals surface area contributed by atoms with E-state index in [0.29, 0.717) is 18.8 Å². The van der Waals surface area contributed by atoms with Crippen LogP contribution in [0.15, 0.2) is 55.0 Å². The quantitative estimate of drug-likeness (QED) is 0.683. The first-order valence-corrected chi connectivity index (χ1v) is 9.12. The molecule has 4 rings (SSSR count). The van der Waals surface area contributed by atoms with E-state index in [4.69, 9.17) is 4.74 Å². The molecule has 0 saturated heterocycles. The van der Waals surface area contributed by atoms with Crippen LogP contribution in [0.5, 0.6) is 0 Å². The van der Waals surface area contributed by atoms with E-state index in [1.165, 1.54) is 16.6 Å². The lowest BCUT2D eigenvalue weighted by Gasteiger charge is -2.08. The van der Waals surface area contributed by atoms with Crippen molar-refractivity contribution in [2.45, 2.75) is 13.5 Å². The Labute approximate surface area is 155 Å². The molecule has 1 aliphatic heterocycles. The van der Waals surface area contributed by atoms with Crippen LogP contribution in [0.25, 0.3) is 16.2 Å². The highest BCUT2D eigenvalue weighted by Gasteiger charge is 2.14. The molecule has 6 heteroatoms. The number of pyridine rings is 1. The summed E-state index contributed by atoms with van der Waals surface area (Å²) in [5.41, 5.74) is 3.93. The fourth-order valence-corrected chi connectivity index (χ4v) is 3.96. The molecule has 26 heavy (non-hydrogen) atoms. The molecular weight excluding hydrogens is 349 g/mol. The maximum absolute atomic E-state index is 13.6. The van der Waals surface area contributed by atoms with Crippen LogP contribution in [0.2, 0.25) is 0 Å². The first-order chi connectivity index (χ1) is 12.7. The Kier molecular flexibility index (Phi) is 4.58. The van der Waals surface area contributed by atoms with Crippen molar-refractivity contribution in [2.24, 2.45) is 0 Å². The number of thiophene rings is 1. The molecule has 1 aromatic carbocycles. The van der Waals surface area contributed by atoms with Gasteiger partial charge >= 0.3 is 0 Å². The third-order valence-corrected chi connectivity index (χ3v) is 5.49. The van der Waals surface area contributed by atoms with Crippen molar-refractivity contribution in [3.8, 4) is 10.4 Å². The Morgan fingerprint density at radius 1 is 1.27 bits per heavy atom. The number of anilines is 1. The van der Waals surface area contributed by atoms with E-state index in [9.17, 15) is 4.39 Å². The summed E-state index contributed by atoms with van der Waals surface area (Å²) in [7, 11) is 0. The summed E-state index contributed by atoms with van der Waals surface area (Å²) < 4.78 is 19.2. The summed E-state index contributed by atoms with van der Waals surface area (Å²) in [6.45, 7) is 3.06. The molecule has 132 valence electrons. The number of aryl methyl sites for hydroxylation is 1. The van der Waals surface area contributed by atoms with Crippen LogP contribution in [0.4, 0.5) is 10.1 Å². The standard InChI is InChI=1S/C20H18FN3OS/c1-13-8-19(18-11-23-12-25-18)26-20(13)14-2-4-16(5-3-14)24-9-15-6-7-22-10-17(15)21/h2-8,10-11,23-24H,9,12H2,1H3. The van der Waals surface area contributed by atoms with Crippen molar-refractivity contribution in [3.63, 3.8) is 0 Å². The lowest BCUT2D eigenvalue weighted by molar-refractivity contribution is 0.292. The molecule has 0 aliphatic carbocycles. The van der Waals surface area contributed by atoms with Gasteiger partial charge in [0.25, 0.3) is 0 Å². The molecule has 2 N–H and O–H groups in total. The molecule has 1 aliphatic rings. The zero-order valence-corrected chi connectivity index (χ0v) is 15.1. The smallest absolute Gasteiger partial charge is 0.158 e. The maximum atomic E-state index is 13.6. The monoisotopic (exact) mass is 367 g/mol. The van der Waals surface area contributed by atoms with Crippen LogP contribution in [-0.2, 0) is 11.3 Å². The average molecular weight is 367 g/mol. The van der Waals surface area contributed by atoms with Crippen molar-refractivity contribution in [1.29, 1.82) is 0 Å². The second-order valence-electron chi connectivity index (χ2n) is 6.02. The Morgan fingerprint density at radius 3 is 2.85 bits per heavy atom. The van der Waals surface area contributed by atoms with Crippen LogP contribution in [0, 0.1) is 12.7 Å². The molecule has 3 aromatic rings. The number of nitrogens with zero attached hydrogens (tertiary/aromatic N) is 1. The summed E-state index contributed by atoms with van der Waals surface area (Å²) in [4.78, 5) is 6.11. The van der Waals surface area contributed by atoms with Crippen molar-refractivity contribution < 1.29 is 9.13 Å². The largest absolute Gasteiger partial charge is 0.470 e. The topological polar surface area (TPSA) is 46.2 Å². The van der Waals surface area contributed by atoms with Crippen LogP contribution in [0.3, 0.4) is 0 Å². The molecule has 0 amide bonds. The Bertz CT molecular complexity index is 950. The van der Waals surface area contributed by atoms with Crippen LogP contribution in [-0.4, -0.2) is 11.7 Å². The fraction of sp³-hybridized carbons (Fsp3) is 0.150. The van der Waals surface area contributed by atoms with Gasteiger partial charge < -0.3 is 15.4 Å². The van der Waals surface area contributed by atoms with Gasteiger partial charge in [-0.3, -0.25) is 4.98 Å². The highest BCUT2D eigenvalue weighted by molar-refractivity contribution is 7.16. The number of hydrogen-bond acceptors (Lipinski definition) is 5. The van der Waals surface area contributed by atoms with Gasteiger partial charge in [0.2, 0.25) is 0 Å². The van der Waals surface area contributed by atoms with E-state index < -0.39 is 0 Å². The lowest BCUT2D eigenvalue weighted by atomic mass is 10.1. The van der Waals surface area contributed by atoms with E-state index in [2.05, 4.69) is 40.7 Å². The number of hydrogen-bond donors (Lipinski definition) is 2. The number of aromatic nitrogens is 1. The molecule has 0 bridgehead atoms. The van der Waals surface area contributed by atoms with Gasteiger partial charge in [-0.1, -0.05) is 12.1 Å². The molecule has 3 heterocycles. The Morgan fingerprint density at radius 2 is 2.12 bits per heavy atom. The van der Waals surface area contributed by atoms with Crippen molar-refractivity contribution in [3.05, 3.63) is 76.8 Å². The number of nitrogens with one attached hydrogen (secondary N) is 2. The molecular formula is C20H18FN3OS. The summed E-state index contributed by atoms with van der Waals surface area (Å²) >= 11 is 1.72. The highest BCUT2D eigenvalue weighted by atomic mass is 32.1. The molecule has 0 atom stereocenters. The third kappa shape index (κ3) is 3.41. The van der Waals surface area contributed by atoms with E-state index in [1.54, 1.807) is 23.6 Å². The highest BCUT2D eigenvalue weighted by Crippen LogP contribution is 2.36. The van der Waals surface area contributed by atoms with Gasteiger partial charge in [-0.15, -0.1) is 11.3 Å². The van der Waals surface area contributed by atoms with E-state index >= 15 is 0 Å². The SMILES string of the molecule is Cc1cc(C2=CNCO2)sc1-c1ccc(NCc2ccncc2F)cc1. The minimum atomic E-state index is -0.295. The van der Waals surface area contributed by atoms with Gasteiger partial charge in [0.05, 0.1) is 11.1 Å². The van der Waals surface area contributed by atoms with E-state index in [0.717, 1.165) is 21.9 Å². The number of halogens is 1. The fourth-order valence-electron chi connectivity index (χ4n) is 2.81. The third-order valence-electron chi connectivity index (χ3n) is 4.19. The van der Waals surface area contributed by atoms with Gasteiger partial charge in [0.1, 0.15) is 5.82 Å². The molecule has 0 spiro atoms. The summed E-state index contributed by atoms with van der Waals surface area (Å²) in [5.74, 6) is 0.596. The predicted molar refractivity (Wildman–Crippen MR) is 103 cm³/mol. The van der Waals surface area contributed by atoms with Crippen molar-refractivity contribution in [2.75, 3.05) is 12.0 Å². The molecule has 0 saturated carbocycles. The second-order valence-corrected chi connectivity index (χ2v) is 7.07. The zero-order valence-electron chi connectivity index (χ0n) is 14.3. The van der Waals surface area contributed by atoms with Crippen LogP contribution >= 0.6 is 11.3 Å². The normalized spacial score (nSPS) is 13.1. The van der Waals surface area contributed by atoms with Gasteiger partial charge in [-0.2, -0.15) is 0 Å². The van der Waals surface area contributed by atoms with Crippen LogP contribution in [0.1, 0.15) is 16.0 Å². The van der Waals surface area contributed by atoms with Gasteiger partial charge in [0, 0.05) is 35.1 Å². The summed E-state index contributed by atoms with van der Waals surface area (Å²) in [5, 5.41) is 6.31. The summed E-state index contributed by atoms with van der Waals surface area (Å²) in [6.07, 6.45) is 4.73. The predicted octanol–water partition coefficient (Wildman–Crippen LogP) is 4.75. The molecule has 0 unspecified atom stereocenters. The number of benzene rings is 1. The van der Waals surface area contributed by atoms with E-state index in [-0.39, 0.29) is 5.82 Å². The summed E-state index contributed by atoms with van der Waals surface area (Å²) in [6, 6.07) is 12.0. The zero-order chi connectivity index (χ0) is 17.9. The number of ether oxygens (including phenoxy) is 1. The van der Waals surface area contributed by atoms with Gasteiger partial charge in [-0.05, 0) is 42.3 Å². The average Bonchev–Trinajstić information content (AvgIpc) is 3.31. The number of rotatable bonds is 5. The van der Waals surface area contributed by atoms with Gasteiger partial charge in [-0.25, -0.2) is 4.39 Å². The molecule has 2 aromatic heterocycles.